The quantitative estimate of drug-likeness (QED) is 0.787. The molecule has 0 radical (unpaired) electrons. The molecule has 0 aliphatic heterocycles. The Morgan fingerprint density at radius 1 is 1.57 bits per heavy atom. The van der Waals surface area contributed by atoms with Gasteiger partial charge in [0.1, 0.15) is 0 Å². The smallest absolute Gasteiger partial charge is 0.0862 e. The monoisotopic (exact) mass is 194 g/mol. The maximum absolute atomic E-state index is 5.61. The Kier molecular flexibility index (Phi) is 2.54. The van der Waals surface area contributed by atoms with Crippen molar-refractivity contribution in [3.05, 3.63) is 11.4 Å². The van der Waals surface area contributed by atoms with E-state index in [2.05, 4.69) is 28.8 Å². The summed E-state index contributed by atoms with van der Waals surface area (Å²) < 4.78 is 2.06. The minimum atomic E-state index is 0.407. The Labute approximate surface area is 84.5 Å². The Morgan fingerprint density at radius 3 is 3.00 bits per heavy atom. The molecule has 1 aliphatic rings. The zero-order valence-electron chi connectivity index (χ0n) is 8.90. The van der Waals surface area contributed by atoms with Gasteiger partial charge in [0.15, 0.2) is 0 Å². The Balaban J connectivity index is 2.30. The van der Waals surface area contributed by atoms with E-state index in [1.807, 2.05) is 0 Å². The second-order valence-corrected chi connectivity index (χ2v) is 4.27. The third-order valence-electron chi connectivity index (χ3n) is 2.92. The Bertz CT molecular complexity index is 316. The standard InChI is InChI=1S/C10H18N4/c1-7(2)14-10-8(5-6-11)3-4-9(10)12-13-14/h7-8H,3-6,11H2,1-2H3. The third kappa shape index (κ3) is 1.43. The lowest BCUT2D eigenvalue weighted by atomic mass is 10.0. The molecule has 4 nitrogen and oxygen atoms in total. The van der Waals surface area contributed by atoms with Crippen molar-refractivity contribution in [1.29, 1.82) is 0 Å². The van der Waals surface area contributed by atoms with Crippen molar-refractivity contribution in [2.45, 2.75) is 45.1 Å². The van der Waals surface area contributed by atoms with Gasteiger partial charge in [-0.2, -0.15) is 0 Å². The van der Waals surface area contributed by atoms with Crippen LogP contribution in [0.1, 0.15) is 50.0 Å². The van der Waals surface area contributed by atoms with Gasteiger partial charge in [-0.15, -0.1) is 5.10 Å². The summed E-state index contributed by atoms with van der Waals surface area (Å²) >= 11 is 0. The fourth-order valence-corrected chi connectivity index (χ4v) is 2.25. The van der Waals surface area contributed by atoms with Gasteiger partial charge < -0.3 is 5.73 Å². The van der Waals surface area contributed by atoms with Crippen LogP contribution in [0.15, 0.2) is 0 Å². The molecule has 2 rings (SSSR count). The molecule has 1 unspecified atom stereocenters. The van der Waals surface area contributed by atoms with Gasteiger partial charge in [0.2, 0.25) is 0 Å². The molecule has 0 saturated heterocycles. The van der Waals surface area contributed by atoms with Crippen molar-refractivity contribution in [3.63, 3.8) is 0 Å². The van der Waals surface area contributed by atoms with E-state index < -0.39 is 0 Å². The number of rotatable bonds is 3. The van der Waals surface area contributed by atoms with Crippen molar-refractivity contribution in [1.82, 2.24) is 15.0 Å². The van der Waals surface area contributed by atoms with Crippen LogP contribution in [0.2, 0.25) is 0 Å². The fraction of sp³-hybridized carbons (Fsp3) is 0.800. The number of nitrogens with two attached hydrogens (primary N) is 1. The van der Waals surface area contributed by atoms with Crippen molar-refractivity contribution < 1.29 is 0 Å². The number of aromatic nitrogens is 3. The second-order valence-electron chi connectivity index (χ2n) is 4.27. The van der Waals surface area contributed by atoms with E-state index in [1.54, 1.807) is 0 Å². The van der Waals surface area contributed by atoms with Crippen LogP contribution in [0, 0.1) is 0 Å². The zero-order chi connectivity index (χ0) is 10.1. The molecule has 0 amide bonds. The highest BCUT2D eigenvalue weighted by Gasteiger charge is 2.28. The molecule has 1 aromatic heterocycles. The van der Waals surface area contributed by atoms with Crippen LogP contribution in [0.4, 0.5) is 0 Å². The summed E-state index contributed by atoms with van der Waals surface area (Å²) in [5.74, 6) is 0.590. The summed E-state index contributed by atoms with van der Waals surface area (Å²) in [7, 11) is 0. The minimum Gasteiger partial charge on any atom is -0.330 e. The first-order valence-corrected chi connectivity index (χ1v) is 5.38. The van der Waals surface area contributed by atoms with E-state index >= 15 is 0 Å². The zero-order valence-corrected chi connectivity index (χ0v) is 8.90. The summed E-state index contributed by atoms with van der Waals surface area (Å²) in [5.41, 5.74) is 8.14. The molecule has 1 aromatic rings. The predicted octanol–water partition coefficient (Wildman–Crippen LogP) is 1.24. The van der Waals surface area contributed by atoms with Gasteiger partial charge in [-0.1, -0.05) is 5.21 Å². The molecule has 0 saturated carbocycles. The summed E-state index contributed by atoms with van der Waals surface area (Å²) in [4.78, 5) is 0. The first-order chi connectivity index (χ1) is 6.74. The molecular weight excluding hydrogens is 176 g/mol. The first-order valence-electron chi connectivity index (χ1n) is 5.38. The number of nitrogens with zero attached hydrogens (tertiary/aromatic N) is 3. The van der Waals surface area contributed by atoms with E-state index in [-0.39, 0.29) is 0 Å². The van der Waals surface area contributed by atoms with Gasteiger partial charge in [-0.05, 0) is 39.7 Å². The Hall–Kier alpha value is -0.900. The van der Waals surface area contributed by atoms with Crippen molar-refractivity contribution >= 4 is 0 Å². The van der Waals surface area contributed by atoms with Crippen LogP contribution in [-0.2, 0) is 6.42 Å². The number of hydrogen-bond donors (Lipinski definition) is 1. The number of aryl methyl sites for hydroxylation is 1. The van der Waals surface area contributed by atoms with Gasteiger partial charge in [-0.3, -0.25) is 0 Å². The van der Waals surface area contributed by atoms with E-state index in [4.69, 9.17) is 5.73 Å². The van der Waals surface area contributed by atoms with Gasteiger partial charge in [0.25, 0.3) is 0 Å². The van der Waals surface area contributed by atoms with Gasteiger partial charge in [-0.25, -0.2) is 4.68 Å². The summed E-state index contributed by atoms with van der Waals surface area (Å²) in [5, 5.41) is 8.42. The normalized spacial score (nSPS) is 20.4. The van der Waals surface area contributed by atoms with Crippen LogP contribution in [-0.4, -0.2) is 21.5 Å². The summed E-state index contributed by atoms with van der Waals surface area (Å²) in [6, 6.07) is 0.407. The SMILES string of the molecule is CC(C)n1nnc2c1C(CCN)CC2. The molecular formula is C10H18N4. The van der Waals surface area contributed by atoms with E-state index in [0.717, 1.165) is 19.4 Å². The first kappa shape index (κ1) is 9.65. The molecule has 1 aliphatic carbocycles. The summed E-state index contributed by atoms with van der Waals surface area (Å²) in [6.45, 7) is 5.05. The van der Waals surface area contributed by atoms with Gasteiger partial charge >= 0.3 is 0 Å². The molecule has 1 heterocycles. The second kappa shape index (κ2) is 3.69. The van der Waals surface area contributed by atoms with E-state index in [1.165, 1.54) is 17.8 Å². The average Bonchev–Trinajstić information content (AvgIpc) is 2.67. The highest BCUT2D eigenvalue weighted by Crippen LogP contribution is 2.34. The largest absolute Gasteiger partial charge is 0.330 e. The number of hydrogen-bond acceptors (Lipinski definition) is 3. The number of fused-ring (bicyclic) bond motifs is 1. The molecule has 2 N–H and O–H groups in total. The maximum Gasteiger partial charge on any atom is 0.0862 e. The lowest BCUT2D eigenvalue weighted by Gasteiger charge is -2.14. The lowest BCUT2D eigenvalue weighted by Crippen LogP contribution is -2.12. The molecule has 0 aromatic carbocycles. The van der Waals surface area contributed by atoms with Crippen LogP contribution in [0.25, 0.3) is 0 Å². The predicted molar refractivity (Wildman–Crippen MR) is 55.1 cm³/mol. The maximum atomic E-state index is 5.61. The fourth-order valence-electron chi connectivity index (χ4n) is 2.25. The molecule has 78 valence electrons. The highest BCUT2D eigenvalue weighted by molar-refractivity contribution is 5.22. The summed E-state index contributed by atoms with van der Waals surface area (Å²) in [6.07, 6.45) is 3.34. The van der Waals surface area contributed by atoms with Crippen LogP contribution >= 0.6 is 0 Å². The third-order valence-corrected chi connectivity index (χ3v) is 2.92. The van der Waals surface area contributed by atoms with Crippen LogP contribution < -0.4 is 5.73 Å². The molecule has 4 heteroatoms. The van der Waals surface area contributed by atoms with E-state index in [9.17, 15) is 0 Å². The van der Waals surface area contributed by atoms with Crippen LogP contribution in [0.5, 0.6) is 0 Å². The molecule has 0 bridgehead atoms. The topological polar surface area (TPSA) is 56.7 Å². The van der Waals surface area contributed by atoms with Crippen molar-refractivity contribution in [3.8, 4) is 0 Å². The molecule has 1 atom stereocenters. The molecule has 0 fully saturated rings. The molecule has 14 heavy (non-hydrogen) atoms. The van der Waals surface area contributed by atoms with Crippen LogP contribution in [0.3, 0.4) is 0 Å². The minimum absolute atomic E-state index is 0.407. The van der Waals surface area contributed by atoms with Crippen molar-refractivity contribution in [2.24, 2.45) is 5.73 Å². The molecule has 0 spiro atoms. The lowest BCUT2D eigenvalue weighted by molar-refractivity contribution is 0.462. The van der Waals surface area contributed by atoms with Crippen molar-refractivity contribution in [2.75, 3.05) is 6.54 Å². The highest BCUT2D eigenvalue weighted by atomic mass is 15.4. The Morgan fingerprint density at radius 2 is 2.36 bits per heavy atom. The van der Waals surface area contributed by atoms with Gasteiger partial charge in [0, 0.05) is 12.0 Å². The van der Waals surface area contributed by atoms with E-state index in [0.29, 0.717) is 12.0 Å². The average molecular weight is 194 g/mol. The van der Waals surface area contributed by atoms with Gasteiger partial charge in [0.05, 0.1) is 11.4 Å².